The zero-order valence-corrected chi connectivity index (χ0v) is 12.8. The summed E-state index contributed by atoms with van der Waals surface area (Å²) < 4.78 is 43.5. The van der Waals surface area contributed by atoms with Crippen LogP contribution < -0.4 is 15.8 Å². The van der Waals surface area contributed by atoms with E-state index in [4.69, 9.17) is 10.5 Å². The van der Waals surface area contributed by atoms with Gasteiger partial charge in [0.1, 0.15) is 12.4 Å². The lowest BCUT2D eigenvalue weighted by Crippen LogP contribution is -2.47. The van der Waals surface area contributed by atoms with Crippen molar-refractivity contribution in [2.75, 3.05) is 6.61 Å². The molecule has 1 aliphatic rings. The molecule has 4 nitrogen and oxygen atoms in total. The third-order valence-corrected chi connectivity index (χ3v) is 3.30. The molecule has 1 aromatic carbocycles. The number of hydrogen-bond acceptors (Lipinski definition) is 3. The van der Waals surface area contributed by atoms with E-state index in [-0.39, 0.29) is 30.7 Å². The van der Waals surface area contributed by atoms with E-state index in [1.54, 1.807) is 6.92 Å². The van der Waals surface area contributed by atoms with Crippen LogP contribution in [0, 0.1) is 0 Å². The predicted octanol–water partition coefficient (Wildman–Crippen LogP) is 2.50. The minimum Gasteiger partial charge on any atom is -0.491 e. The summed E-state index contributed by atoms with van der Waals surface area (Å²) >= 11 is 0. The zero-order valence-electron chi connectivity index (χ0n) is 11.9. The summed E-state index contributed by atoms with van der Waals surface area (Å²) in [5, 5.41) is 2.64. The van der Waals surface area contributed by atoms with Crippen LogP contribution in [0.5, 0.6) is 5.75 Å². The maximum Gasteiger partial charge on any atom is 0.419 e. The highest BCUT2D eigenvalue weighted by atomic mass is 35.5. The fourth-order valence-corrected chi connectivity index (χ4v) is 1.81. The van der Waals surface area contributed by atoms with E-state index in [9.17, 15) is 18.0 Å². The topological polar surface area (TPSA) is 64.3 Å². The number of amides is 1. The maximum atomic E-state index is 12.8. The van der Waals surface area contributed by atoms with Crippen molar-refractivity contribution >= 4 is 18.3 Å². The van der Waals surface area contributed by atoms with Crippen LogP contribution in [-0.2, 0) is 11.0 Å². The van der Waals surface area contributed by atoms with E-state index in [0.717, 1.165) is 6.07 Å². The average Bonchev–Trinajstić information content (AvgIpc) is 3.15. The molecule has 124 valence electrons. The molecule has 0 aromatic heterocycles. The van der Waals surface area contributed by atoms with Crippen molar-refractivity contribution in [2.24, 2.45) is 5.73 Å². The molecule has 0 bridgehead atoms. The smallest absolute Gasteiger partial charge is 0.419 e. The molecule has 0 radical (unpaired) electrons. The molecule has 1 saturated carbocycles. The standard InChI is InChI=1S/C14H17F3N2O2.ClH/c1-9(19-12(20)13(18)6-7-13)8-21-11-5-3-2-4-10(11)14(15,16)17;/h2-5,9H,6-8,18H2,1H3,(H,19,20);1H. The van der Waals surface area contributed by atoms with Crippen molar-refractivity contribution < 1.29 is 22.7 Å². The third-order valence-electron chi connectivity index (χ3n) is 3.30. The molecule has 1 amide bonds. The van der Waals surface area contributed by atoms with E-state index >= 15 is 0 Å². The van der Waals surface area contributed by atoms with Crippen molar-refractivity contribution in [1.29, 1.82) is 0 Å². The minimum absolute atomic E-state index is 0. The molecule has 8 heteroatoms. The van der Waals surface area contributed by atoms with E-state index in [1.165, 1.54) is 18.2 Å². The first-order valence-electron chi connectivity index (χ1n) is 6.61. The number of hydrogen-bond donors (Lipinski definition) is 2. The van der Waals surface area contributed by atoms with Crippen LogP contribution in [-0.4, -0.2) is 24.1 Å². The molecule has 1 unspecified atom stereocenters. The normalized spacial score (nSPS) is 17.1. The van der Waals surface area contributed by atoms with Gasteiger partial charge in [0.15, 0.2) is 0 Å². The lowest BCUT2D eigenvalue weighted by atomic mass is 10.2. The summed E-state index contributed by atoms with van der Waals surface area (Å²) in [5.41, 5.74) is 4.09. The monoisotopic (exact) mass is 338 g/mol. The number of nitrogens with two attached hydrogens (primary N) is 1. The van der Waals surface area contributed by atoms with Crippen molar-refractivity contribution in [2.45, 2.75) is 37.5 Å². The number of ether oxygens (including phenoxy) is 1. The van der Waals surface area contributed by atoms with Crippen LogP contribution in [0.3, 0.4) is 0 Å². The van der Waals surface area contributed by atoms with E-state index in [1.807, 2.05) is 0 Å². The molecule has 1 aliphatic carbocycles. The van der Waals surface area contributed by atoms with Gasteiger partial charge >= 0.3 is 6.18 Å². The van der Waals surface area contributed by atoms with Crippen molar-refractivity contribution in [3.8, 4) is 5.75 Å². The number of halogens is 4. The number of benzene rings is 1. The van der Waals surface area contributed by atoms with Gasteiger partial charge in [-0.15, -0.1) is 12.4 Å². The van der Waals surface area contributed by atoms with Gasteiger partial charge in [-0.05, 0) is 31.9 Å². The molecule has 22 heavy (non-hydrogen) atoms. The highest BCUT2D eigenvalue weighted by Crippen LogP contribution is 2.36. The van der Waals surface area contributed by atoms with Crippen LogP contribution in [0.4, 0.5) is 13.2 Å². The minimum atomic E-state index is -4.47. The SMILES string of the molecule is CC(COc1ccccc1C(F)(F)F)NC(=O)C1(N)CC1.Cl. The second-order valence-electron chi connectivity index (χ2n) is 5.34. The molecule has 0 saturated heterocycles. The Labute approximate surface area is 132 Å². The average molecular weight is 339 g/mol. The molecular weight excluding hydrogens is 321 g/mol. The Balaban J connectivity index is 0.00000242. The lowest BCUT2D eigenvalue weighted by molar-refractivity contribution is -0.139. The first-order valence-corrected chi connectivity index (χ1v) is 6.61. The number of carbonyl (C=O) groups is 1. The van der Waals surface area contributed by atoms with Crippen LogP contribution in [0.15, 0.2) is 24.3 Å². The van der Waals surface area contributed by atoms with Gasteiger partial charge in [0.25, 0.3) is 0 Å². The summed E-state index contributed by atoms with van der Waals surface area (Å²) in [5.74, 6) is -0.539. The van der Waals surface area contributed by atoms with E-state index < -0.39 is 23.3 Å². The lowest BCUT2D eigenvalue weighted by Gasteiger charge is -2.19. The Hall–Kier alpha value is -1.47. The van der Waals surface area contributed by atoms with Gasteiger partial charge in [-0.1, -0.05) is 12.1 Å². The quantitative estimate of drug-likeness (QED) is 0.867. The van der Waals surface area contributed by atoms with Gasteiger partial charge in [-0.2, -0.15) is 13.2 Å². The molecule has 0 heterocycles. The Morgan fingerprint density at radius 1 is 1.41 bits per heavy atom. The second kappa shape index (κ2) is 6.75. The molecule has 0 spiro atoms. The third kappa shape index (κ3) is 4.51. The number of rotatable bonds is 5. The molecule has 0 aliphatic heterocycles. The van der Waals surface area contributed by atoms with E-state index in [2.05, 4.69) is 5.32 Å². The summed E-state index contributed by atoms with van der Waals surface area (Å²) in [6.45, 7) is 1.59. The number of nitrogens with one attached hydrogen (secondary N) is 1. The highest BCUT2D eigenvalue weighted by Gasteiger charge is 2.46. The summed E-state index contributed by atoms with van der Waals surface area (Å²) in [7, 11) is 0. The van der Waals surface area contributed by atoms with Crippen LogP contribution in [0.2, 0.25) is 0 Å². The molecule has 3 N–H and O–H groups in total. The van der Waals surface area contributed by atoms with Crippen LogP contribution in [0.1, 0.15) is 25.3 Å². The van der Waals surface area contributed by atoms with Crippen LogP contribution >= 0.6 is 12.4 Å². The summed E-state index contributed by atoms with van der Waals surface area (Å²) in [4.78, 5) is 11.7. The summed E-state index contributed by atoms with van der Waals surface area (Å²) in [6, 6.07) is 4.54. The number of carbonyl (C=O) groups excluding carboxylic acids is 1. The first-order chi connectivity index (χ1) is 9.72. The number of alkyl halides is 3. The van der Waals surface area contributed by atoms with E-state index in [0.29, 0.717) is 12.8 Å². The zero-order chi connectivity index (χ0) is 15.7. The Morgan fingerprint density at radius 2 is 2.00 bits per heavy atom. The van der Waals surface area contributed by atoms with Gasteiger partial charge in [0.05, 0.1) is 17.1 Å². The van der Waals surface area contributed by atoms with Gasteiger partial charge in [-0.25, -0.2) is 0 Å². The van der Waals surface area contributed by atoms with Crippen molar-refractivity contribution in [3.63, 3.8) is 0 Å². The molecule has 2 rings (SSSR count). The predicted molar refractivity (Wildman–Crippen MR) is 77.9 cm³/mol. The van der Waals surface area contributed by atoms with Gasteiger partial charge < -0.3 is 15.8 Å². The fourth-order valence-electron chi connectivity index (χ4n) is 1.81. The second-order valence-corrected chi connectivity index (χ2v) is 5.34. The summed E-state index contributed by atoms with van der Waals surface area (Å²) in [6.07, 6.45) is -3.22. The maximum absolute atomic E-state index is 12.8. The van der Waals surface area contributed by atoms with Gasteiger partial charge in [0, 0.05) is 0 Å². The van der Waals surface area contributed by atoms with Gasteiger partial charge in [-0.3, -0.25) is 4.79 Å². The molecule has 1 atom stereocenters. The Bertz CT molecular complexity index is 533. The van der Waals surface area contributed by atoms with Crippen molar-refractivity contribution in [1.82, 2.24) is 5.32 Å². The fraction of sp³-hybridized carbons (Fsp3) is 0.500. The Kier molecular flexibility index (Phi) is 5.70. The van der Waals surface area contributed by atoms with Gasteiger partial charge in [0.2, 0.25) is 5.91 Å². The Morgan fingerprint density at radius 3 is 2.55 bits per heavy atom. The van der Waals surface area contributed by atoms with Crippen LogP contribution in [0.25, 0.3) is 0 Å². The first kappa shape index (κ1) is 18.6. The molecular formula is C14H18ClF3N2O2. The highest BCUT2D eigenvalue weighted by molar-refractivity contribution is 5.89. The largest absolute Gasteiger partial charge is 0.491 e. The molecule has 1 fully saturated rings. The molecule has 1 aromatic rings. The number of para-hydroxylation sites is 1. The van der Waals surface area contributed by atoms with Crippen molar-refractivity contribution in [3.05, 3.63) is 29.8 Å².